The van der Waals surface area contributed by atoms with Crippen LogP contribution in [0.3, 0.4) is 0 Å². The van der Waals surface area contributed by atoms with Crippen molar-refractivity contribution in [2.45, 2.75) is 64.6 Å². The lowest BCUT2D eigenvalue weighted by atomic mass is 10.4. The molecule has 0 spiro atoms. The van der Waals surface area contributed by atoms with Crippen LogP contribution in [0.15, 0.2) is 0 Å². The third-order valence-corrected chi connectivity index (χ3v) is 7.16. The highest BCUT2D eigenvalue weighted by Crippen LogP contribution is 2.21. The summed E-state index contributed by atoms with van der Waals surface area (Å²) in [5, 5.41) is 0. The van der Waals surface area contributed by atoms with Gasteiger partial charge >= 0.3 is 0 Å². The van der Waals surface area contributed by atoms with E-state index in [2.05, 4.69) is 39.7 Å². The zero-order chi connectivity index (χ0) is 11.2. The van der Waals surface area contributed by atoms with E-state index >= 15 is 0 Å². The van der Waals surface area contributed by atoms with Crippen molar-refractivity contribution in [2.75, 3.05) is 6.61 Å². The van der Waals surface area contributed by atoms with Crippen molar-refractivity contribution in [3.63, 3.8) is 0 Å². The summed E-state index contributed by atoms with van der Waals surface area (Å²) >= 11 is 0. The van der Waals surface area contributed by atoms with Gasteiger partial charge in [-0.25, -0.2) is 0 Å². The second-order valence-electron chi connectivity index (χ2n) is 6.02. The lowest BCUT2D eigenvalue weighted by Gasteiger charge is -2.26. The maximum absolute atomic E-state index is 6.03. The van der Waals surface area contributed by atoms with Crippen LogP contribution in [0.1, 0.15) is 19.8 Å². The summed E-state index contributed by atoms with van der Waals surface area (Å²) < 4.78 is 6.03. The predicted octanol–water partition coefficient (Wildman–Crippen LogP) is 4.35. The molecule has 3 heteroatoms. The minimum Gasteiger partial charge on any atom is -0.417 e. The summed E-state index contributed by atoms with van der Waals surface area (Å²) in [5.41, 5.74) is 0. The molecule has 0 aliphatic carbocycles. The summed E-state index contributed by atoms with van der Waals surface area (Å²) in [7, 11) is -2.18. The predicted molar refractivity (Wildman–Crippen MR) is 71.3 cm³/mol. The molecular formula is C11H28OSi2. The highest BCUT2D eigenvalue weighted by Gasteiger charge is 2.25. The van der Waals surface area contributed by atoms with E-state index in [1.807, 2.05) is 0 Å². The van der Waals surface area contributed by atoms with Crippen molar-refractivity contribution in [3.8, 4) is 0 Å². The zero-order valence-electron chi connectivity index (χ0n) is 10.9. The molecule has 0 rings (SSSR count). The van der Waals surface area contributed by atoms with Crippen molar-refractivity contribution in [1.82, 2.24) is 0 Å². The highest BCUT2D eigenvalue weighted by molar-refractivity contribution is 6.79. The Balaban J connectivity index is 3.72. The summed E-state index contributed by atoms with van der Waals surface area (Å²) in [6, 6.07) is 2.78. The van der Waals surface area contributed by atoms with Crippen molar-refractivity contribution >= 4 is 16.4 Å². The normalized spacial score (nSPS) is 13.3. The van der Waals surface area contributed by atoms with E-state index in [1.54, 1.807) is 0 Å². The van der Waals surface area contributed by atoms with Gasteiger partial charge in [-0.15, -0.1) is 0 Å². The van der Waals surface area contributed by atoms with Crippen molar-refractivity contribution in [2.24, 2.45) is 0 Å². The Kier molecular flexibility index (Phi) is 6.25. The Morgan fingerprint density at radius 3 is 1.93 bits per heavy atom. The third kappa shape index (κ3) is 8.97. The molecule has 0 aliphatic rings. The van der Waals surface area contributed by atoms with E-state index < -0.39 is 16.4 Å². The maximum Gasteiger partial charge on any atom is 0.186 e. The van der Waals surface area contributed by atoms with Gasteiger partial charge in [0.1, 0.15) is 0 Å². The third-order valence-electron chi connectivity index (χ3n) is 2.47. The van der Waals surface area contributed by atoms with Crippen molar-refractivity contribution in [3.05, 3.63) is 0 Å². The van der Waals surface area contributed by atoms with E-state index in [-0.39, 0.29) is 0 Å². The largest absolute Gasteiger partial charge is 0.417 e. The van der Waals surface area contributed by atoms with Crippen LogP contribution in [0.5, 0.6) is 0 Å². The second kappa shape index (κ2) is 6.08. The van der Waals surface area contributed by atoms with Gasteiger partial charge in [-0.1, -0.05) is 39.0 Å². The van der Waals surface area contributed by atoms with Gasteiger partial charge in [-0.05, 0) is 25.6 Å². The molecule has 0 atom stereocenters. The van der Waals surface area contributed by atoms with Gasteiger partial charge < -0.3 is 4.43 Å². The Hall–Kier alpha value is 0.394. The molecule has 0 radical (unpaired) electrons. The fourth-order valence-corrected chi connectivity index (χ4v) is 7.49. The van der Waals surface area contributed by atoms with Gasteiger partial charge in [0.2, 0.25) is 0 Å². The van der Waals surface area contributed by atoms with Crippen LogP contribution in [0.2, 0.25) is 44.8 Å². The maximum atomic E-state index is 6.03. The van der Waals surface area contributed by atoms with E-state index in [9.17, 15) is 0 Å². The molecule has 1 nitrogen and oxygen atoms in total. The van der Waals surface area contributed by atoms with Crippen LogP contribution >= 0.6 is 0 Å². The van der Waals surface area contributed by atoms with Gasteiger partial charge in [-0.2, -0.15) is 0 Å². The fourth-order valence-electron chi connectivity index (χ4n) is 1.24. The Bertz CT molecular complexity index is 150. The molecule has 0 bridgehead atoms. The zero-order valence-corrected chi connectivity index (χ0v) is 12.9. The van der Waals surface area contributed by atoms with Crippen LogP contribution < -0.4 is 0 Å². The first-order valence-corrected chi connectivity index (χ1v) is 12.7. The van der Waals surface area contributed by atoms with Crippen LogP contribution in [0, 0.1) is 0 Å². The first-order chi connectivity index (χ1) is 6.27. The van der Waals surface area contributed by atoms with Crippen LogP contribution in [-0.2, 0) is 4.43 Å². The summed E-state index contributed by atoms with van der Waals surface area (Å²) in [5.74, 6) is 0. The number of hydrogen-bond donors (Lipinski definition) is 0. The number of unbranched alkanes of at least 4 members (excludes halogenated alkanes) is 1. The van der Waals surface area contributed by atoms with E-state index in [0.717, 1.165) is 6.61 Å². The van der Waals surface area contributed by atoms with E-state index in [4.69, 9.17) is 4.43 Å². The average molecular weight is 233 g/mol. The molecule has 0 amide bonds. The Morgan fingerprint density at radius 1 is 0.929 bits per heavy atom. The van der Waals surface area contributed by atoms with E-state index in [1.165, 1.54) is 24.9 Å². The molecule has 0 unspecified atom stereocenters. The smallest absolute Gasteiger partial charge is 0.186 e. The molecule has 0 saturated carbocycles. The SMILES string of the molecule is CCCCO[Si](C)(C)CC[Si](C)(C)C. The first-order valence-electron chi connectivity index (χ1n) is 5.91. The van der Waals surface area contributed by atoms with Crippen LogP contribution in [0.25, 0.3) is 0 Å². The summed E-state index contributed by atoms with van der Waals surface area (Å²) in [4.78, 5) is 0. The molecule has 0 N–H and O–H groups in total. The van der Waals surface area contributed by atoms with Crippen molar-refractivity contribution in [1.29, 1.82) is 0 Å². The molecule has 0 heterocycles. The van der Waals surface area contributed by atoms with Crippen molar-refractivity contribution < 1.29 is 4.43 Å². The molecular weight excluding hydrogens is 204 g/mol. The quantitative estimate of drug-likeness (QED) is 0.468. The molecule has 0 aliphatic heterocycles. The monoisotopic (exact) mass is 232 g/mol. The minimum atomic E-state index is -1.32. The molecule has 0 aromatic heterocycles. The lowest BCUT2D eigenvalue weighted by Crippen LogP contribution is -2.34. The standard InChI is InChI=1S/C11H28OSi2/c1-7-8-9-12-14(5,6)11-10-13(2,3)4/h7-11H2,1-6H3. The Labute approximate surface area is 92.4 Å². The average Bonchev–Trinajstić information content (AvgIpc) is 2.00. The molecule has 86 valence electrons. The highest BCUT2D eigenvalue weighted by atomic mass is 28.4. The summed E-state index contributed by atoms with van der Waals surface area (Å²) in [6.07, 6.45) is 2.47. The van der Waals surface area contributed by atoms with Crippen LogP contribution in [0.4, 0.5) is 0 Å². The van der Waals surface area contributed by atoms with Gasteiger partial charge in [0.25, 0.3) is 0 Å². The molecule has 0 aromatic carbocycles. The van der Waals surface area contributed by atoms with Gasteiger partial charge in [0.05, 0.1) is 0 Å². The second-order valence-corrected chi connectivity index (χ2v) is 16.0. The van der Waals surface area contributed by atoms with Gasteiger partial charge in [0, 0.05) is 14.7 Å². The van der Waals surface area contributed by atoms with Crippen LogP contribution in [-0.4, -0.2) is 23.0 Å². The molecule has 0 fully saturated rings. The number of rotatable bonds is 7. The Morgan fingerprint density at radius 2 is 1.50 bits per heavy atom. The fraction of sp³-hybridized carbons (Fsp3) is 1.00. The number of hydrogen-bond acceptors (Lipinski definition) is 1. The van der Waals surface area contributed by atoms with Gasteiger partial charge in [0.15, 0.2) is 8.32 Å². The topological polar surface area (TPSA) is 9.23 Å². The van der Waals surface area contributed by atoms with E-state index in [0.29, 0.717) is 0 Å². The molecule has 0 saturated heterocycles. The lowest BCUT2D eigenvalue weighted by molar-refractivity contribution is 0.299. The molecule has 0 aromatic rings. The van der Waals surface area contributed by atoms with Gasteiger partial charge in [-0.3, -0.25) is 0 Å². The first kappa shape index (κ1) is 14.4. The summed E-state index contributed by atoms with van der Waals surface area (Å²) in [6.45, 7) is 15.3. The molecule has 14 heavy (non-hydrogen) atoms. The minimum absolute atomic E-state index is 0.860.